The van der Waals surface area contributed by atoms with Gasteiger partial charge in [0, 0.05) is 38.0 Å². The zero-order valence-corrected chi connectivity index (χ0v) is 19.7. The molecule has 2 aromatic carbocycles. The van der Waals surface area contributed by atoms with Crippen LogP contribution in [0.4, 0.5) is 5.69 Å². The molecule has 0 spiro atoms. The number of anilines is 1. The molecule has 3 aliphatic rings. The minimum atomic E-state index is -1.56. The molecule has 9 nitrogen and oxygen atoms in total. The molecule has 1 unspecified atom stereocenters. The van der Waals surface area contributed by atoms with Crippen LogP contribution in [0.25, 0.3) is 0 Å². The minimum Gasteiger partial charge on any atom is -0.496 e. The maximum atomic E-state index is 13.6. The molecule has 1 aliphatic carbocycles. The smallest absolute Gasteiger partial charge is 0.354 e. The first-order valence-electron chi connectivity index (χ1n) is 11.7. The van der Waals surface area contributed by atoms with Crippen molar-refractivity contribution in [2.75, 3.05) is 25.7 Å². The number of methoxy groups -OCH3 is 1. The first kappa shape index (κ1) is 22.9. The summed E-state index contributed by atoms with van der Waals surface area (Å²) >= 11 is 0. The molecule has 3 amide bonds. The van der Waals surface area contributed by atoms with E-state index >= 15 is 0 Å². The van der Waals surface area contributed by atoms with Crippen LogP contribution in [0.1, 0.15) is 41.6 Å². The highest BCUT2D eigenvalue weighted by Gasteiger charge is 2.64. The topological polar surface area (TPSA) is 96.5 Å². The molecule has 0 N–H and O–H groups in total. The Hall–Kier alpha value is -3.88. The second-order valence-corrected chi connectivity index (χ2v) is 9.11. The van der Waals surface area contributed by atoms with Gasteiger partial charge in [-0.3, -0.25) is 19.3 Å². The number of likely N-dealkylation sites (N-methyl/N-ethyl adjacent to an activating group) is 1. The Morgan fingerprint density at radius 1 is 1.09 bits per heavy atom. The van der Waals surface area contributed by atoms with E-state index in [1.54, 1.807) is 38.4 Å². The summed E-state index contributed by atoms with van der Waals surface area (Å²) in [4.78, 5) is 57.3. The summed E-state index contributed by atoms with van der Waals surface area (Å²) in [5.41, 5.74) is 0.0578. The van der Waals surface area contributed by atoms with Gasteiger partial charge in [0.1, 0.15) is 5.75 Å². The fourth-order valence-corrected chi connectivity index (χ4v) is 5.04. The molecule has 9 heteroatoms. The van der Waals surface area contributed by atoms with Crippen molar-refractivity contribution in [3.63, 3.8) is 0 Å². The highest BCUT2D eigenvalue weighted by molar-refractivity contribution is 6.15. The van der Waals surface area contributed by atoms with Gasteiger partial charge in [0.25, 0.3) is 11.8 Å². The van der Waals surface area contributed by atoms with E-state index in [1.807, 2.05) is 24.3 Å². The molecule has 0 radical (unpaired) electrons. The molecule has 182 valence electrons. The number of hydrogen-bond donors (Lipinski definition) is 0. The Labute approximate surface area is 203 Å². The van der Waals surface area contributed by atoms with E-state index in [1.165, 1.54) is 14.7 Å². The number of hydrogen-bond acceptors (Lipinski definition) is 6. The van der Waals surface area contributed by atoms with E-state index in [0.717, 1.165) is 18.4 Å². The van der Waals surface area contributed by atoms with E-state index < -0.39 is 24.1 Å². The third-order valence-electron chi connectivity index (χ3n) is 6.89. The number of esters is 1. The van der Waals surface area contributed by atoms with Crippen LogP contribution in [0.2, 0.25) is 0 Å². The van der Waals surface area contributed by atoms with E-state index in [9.17, 15) is 19.2 Å². The van der Waals surface area contributed by atoms with Crippen LogP contribution in [0.5, 0.6) is 5.75 Å². The number of carbonyl (C=O) groups excluding carboxylic acids is 4. The fraction of sp³-hybridized carbons (Fsp3) is 0.385. The lowest BCUT2D eigenvalue weighted by atomic mass is 9.96. The molecule has 0 bridgehead atoms. The van der Waals surface area contributed by atoms with E-state index in [2.05, 4.69) is 0 Å². The predicted octanol–water partition coefficient (Wildman–Crippen LogP) is 2.34. The first-order chi connectivity index (χ1) is 16.9. The standard InChI is InChI=1S/C26H27N3O6/c1-27(15-17-7-3-6-10-21(17)34-2)23(31)16-35-25(33)26-14-13-22(30)29(26)20-9-5-4-8-19(20)24(32)28(26)18-11-12-18/h3-10,18H,11-16H2,1-2H3. The van der Waals surface area contributed by atoms with Gasteiger partial charge in [0.15, 0.2) is 6.61 Å². The van der Waals surface area contributed by atoms with Gasteiger partial charge < -0.3 is 19.3 Å². The summed E-state index contributed by atoms with van der Waals surface area (Å²) in [5.74, 6) is -1.03. The SMILES string of the molecule is COc1ccccc1CN(C)C(=O)COC(=O)C12CCC(=O)N1c1ccccc1C(=O)N2C1CC1. The van der Waals surface area contributed by atoms with Crippen LogP contribution >= 0.6 is 0 Å². The van der Waals surface area contributed by atoms with E-state index in [0.29, 0.717) is 17.0 Å². The summed E-state index contributed by atoms with van der Waals surface area (Å²) < 4.78 is 10.9. The Kier molecular flexibility index (Phi) is 5.70. The second-order valence-electron chi connectivity index (χ2n) is 9.11. The Morgan fingerprint density at radius 2 is 1.80 bits per heavy atom. The largest absolute Gasteiger partial charge is 0.496 e. The van der Waals surface area contributed by atoms with E-state index in [-0.39, 0.29) is 37.2 Å². The molecule has 5 rings (SSSR count). The summed E-state index contributed by atoms with van der Waals surface area (Å²) in [6.45, 7) is -0.223. The first-order valence-corrected chi connectivity index (χ1v) is 11.7. The summed E-state index contributed by atoms with van der Waals surface area (Å²) in [6, 6.07) is 14.0. The molecule has 1 saturated carbocycles. The minimum absolute atomic E-state index is 0.113. The van der Waals surface area contributed by atoms with Crippen molar-refractivity contribution in [1.29, 1.82) is 0 Å². The normalized spacial score (nSPS) is 20.9. The maximum absolute atomic E-state index is 13.6. The molecule has 1 saturated heterocycles. The quantitative estimate of drug-likeness (QED) is 0.568. The average molecular weight is 478 g/mol. The second kappa shape index (κ2) is 8.72. The third kappa shape index (κ3) is 3.71. The van der Waals surface area contributed by atoms with Crippen molar-refractivity contribution in [2.45, 2.75) is 43.9 Å². The molecule has 35 heavy (non-hydrogen) atoms. The Morgan fingerprint density at radius 3 is 2.54 bits per heavy atom. The van der Waals surface area contributed by atoms with Crippen LogP contribution in [-0.2, 0) is 25.7 Å². The molecule has 2 fully saturated rings. The summed E-state index contributed by atoms with van der Waals surface area (Å²) in [6.07, 6.45) is 1.76. The zero-order valence-electron chi connectivity index (χ0n) is 19.7. The number of nitrogens with zero attached hydrogens (tertiary/aromatic N) is 3. The molecule has 2 aliphatic heterocycles. The highest BCUT2D eigenvalue weighted by atomic mass is 16.5. The van der Waals surface area contributed by atoms with Crippen LogP contribution in [0.3, 0.4) is 0 Å². The summed E-state index contributed by atoms with van der Waals surface area (Å²) in [5, 5.41) is 0. The molecule has 0 aromatic heterocycles. The number of fused-ring (bicyclic) bond motifs is 3. The number of amides is 3. The van der Waals surface area contributed by atoms with Gasteiger partial charge in [-0.05, 0) is 31.0 Å². The number of para-hydroxylation sites is 2. The van der Waals surface area contributed by atoms with Gasteiger partial charge in [-0.15, -0.1) is 0 Å². The van der Waals surface area contributed by atoms with Gasteiger partial charge >= 0.3 is 5.97 Å². The number of rotatable bonds is 7. The third-order valence-corrected chi connectivity index (χ3v) is 6.89. The lowest BCUT2D eigenvalue weighted by Crippen LogP contribution is -2.69. The van der Waals surface area contributed by atoms with Crippen molar-refractivity contribution in [3.05, 3.63) is 59.7 Å². The highest BCUT2D eigenvalue weighted by Crippen LogP contribution is 2.49. The van der Waals surface area contributed by atoms with E-state index in [4.69, 9.17) is 9.47 Å². The molecule has 1 atom stereocenters. The van der Waals surface area contributed by atoms with Gasteiger partial charge in [0.05, 0.1) is 18.4 Å². The van der Waals surface area contributed by atoms with Crippen molar-refractivity contribution < 1.29 is 28.7 Å². The predicted molar refractivity (Wildman–Crippen MR) is 126 cm³/mol. The molecule has 2 heterocycles. The lowest BCUT2D eigenvalue weighted by molar-refractivity contribution is -0.162. The number of benzene rings is 2. The van der Waals surface area contributed by atoms with Gasteiger partial charge in [0.2, 0.25) is 11.6 Å². The molecular formula is C26H27N3O6. The molecule has 2 aromatic rings. The zero-order chi connectivity index (χ0) is 24.7. The van der Waals surface area contributed by atoms with Crippen molar-refractivity contribution in [2.24, 2.45) is 0 Å². The van der Waals surface area contributed by atoms with Crippen LogP contribution in [0.15, 0.2) is 48.5 Å². The van der Waals surface area contributed by atoms with Gasteiger partial charge in [-0.25, -0.2) is 4.79 Å². The van der Waals surface area contributed by atoms with Gasteiger partial charge in [-0.2, -0.15) is 0 Å². The average Bonchev–Trinajstić information content (AvgIpc) is 3.64. The lowest BCUT2D eigenvalue weighted by Gasteiger charge is -2.48. The summed E-state index contributed by atoms with van der Waals surface area (Å²) in [7, 11) is 3.18. The van der Waals surface area contributed by atoms with Crippen molar-refractivity contribution >= 4 is 29.4 Å². The molecular weight excluding hydrogens is 450 g/mol. The van der Waals surface area contributed by atoms with Crippen LogP contribution in [0, 0.1) is 0 Å². The maximum Gasteiger partial charge on any atom is 0.354 e. The van der Waals surface area contributed by atoms with Crippen molar-refractivity contribution in [3.8, 4) is 5.75 Å². The van der Waals surface area contributed by atoms with Gasteiger partial charge in [-0.1, -0.05) is 30.3 Å². The van der Waals surface area contributed by atoms with Crippen LogP contribution < -0.4 is 9.64 Å². The fourth-order valence-electron chi connectivity index (χ4n) is 5.04. The monoisotopic (exact) mass is 477 g/mol. The van der Waals surface area contributed by atoms with Crippen molar-refractivity contribution in [1.82, 2.24) is 9.80 Å². The number of ether oxygens (including phenoxy) is 2. The Balaban J connectivity index is 1.37. The Bertz CT molecular complexity index is 1210. The van der Waals surface area contributed by atoms with Crippen LogP contribution in [-0.4, -0.2) is 66.0 Å². The number of carbonyl (C=O) groups is 4.